The Morgan fingerprint density at radius 2 is 1.09 bits per heavy atom. The first-order chi connectivity index (χ1) is 41.3. The number of benzene rings is 4. The Bertz CT molecular complexity index is 3700. The van der Waals surface area contributed by atoms with Crippen molar-refractivity contribution in [2.24, 2.45) is 0 Å². The molecule has 446 valence electrons. The molecular formula is C60H64BF2IN14O8. The zero-order valence-corrected chi connectivity index (χ0v) is 50.4. The molecule has 9 heterocycles. The average Bonchev–Trinajstić information content (AvgIpc) is 2.26. The summed E-state index contributed by atoms with van der Waals surface area (Å²) in [7, 11) is -0.362. The third-order valence-corrected chi connectivity index (χ3v) is 17.2. The van der Waals surface area contributed by atoms with E-state index in [1.165, 1.54) is 21.9 Å². The van der Waals surface area contributed by atoms with E-state index < -0.39 is 24.1 Å². The minimum Gasteiger partial charge on any atom is -0.442 e. The summed E-state index contributed by atoms with van der Waals surface area (Å²) in [5.41, 5.74) is 6.12. The van der Waals surface area contributed by atoms with Gasteiger partial charge in [-0.3, -0.25) is 19.4 Å². The van der Waals surface area contributed by atoms with Crippen LogP contribution in [0.25, 0.3) is 33.6 Å². The maximum Gasteiger partial charge on any atom is 0.494 e. The zero-order valence-electron chi connectivity index (χ0n) is 48.3. The van der Waals surface area contributed by atoms with Crippen LogP contribution in [0.15, 0.2) is 122 Å². The number of aromatic amines is 2. The first kappa shape index (κ1) is 59.4. The fourth-order valence-corrected chi connectivity index (χ4v) is 11.4. The summed E-state index contributed by atoms with van der Waals surface area (Å²) in [5, 5.41) is 15.2. The van der Waals surface area contributed by atoms with Crippen molar-refractivity contribution in [1.82, 2.24) is 59.7 Å². The van der Waals surface area contributed by atoms with Gasteiger partial charge in [0.15, 0.2) is 0 Å². The van der Waals surface area contributed by atoms with Gasteiger partial charge in [-0.05, 0) is 135 Å². The third-order valence-electron chi connectivity index (χ3n) is 16.3. The molecule has 13 rings (SSSR count). The molecule has 4 atom stereocenters. The predicted molar refractivity (Wildman–Crippen MR) is 322 cm³/mol. The minimum atomic E-state index is -0.519. The van der Waals surface area contributed by atoms with E-state index in [2.05, 4.69) is 80.4 Å². The van der Waals surface area contributed by atoms with E-state index in [0.29, 0.717) is 52.3 Å². The van der Waals surface area contributed by atoms with Crippen LogP contribution in [0, 0.1) is 15.2 Å². The highest BCUT2D eigenvalue weighted by Gasteiger charge is 2.51. The lowest BCUT2D eigenvalue weighted by Crippen LogP contribution is -2.41. The molecule has 22 nitrogen and oxygen atoms in total. The lowest BCUT2D eigenvalue weighted by Gasteiger charge is -2.32. The zero-order chi connectivity index (χ0) is 60.4. The Morgan fingerprint density at radius 1 is 0.640 bits per heavy atom. The summed E-state index contributed by atoms with van der Waals surface area (Å²) in [6, 6.07) is 25.1. The van der Waals surface area contributed by atoms with Crippen LogP contribution >= 0.6 is 22.6 Å². The Balaban J connectivity index is 0.000000141. The number of likely N-dealkylation sites (tertiary alicyclic amines) is 2. The Kier molecular flexibility index (Phi) is 17.2. The number of H-pyrrole nitrogens is 2. The SMILES string of the molecule is CC(=O)N1CCC[C@H]1c1ncc(-c2ccc(-c3ccc(N4C[C@H](Cn5ccnn5)OC4=O)cc3F)cc2)[nH]1.CC(=O)N1CCC[C@H]1c1ncc(-c2ccc(B3OC(C)(C)C(C)(C)O3)cc2)[nH]1.O=C1O[C@@H](Cn2ccnn2)CN1c1ccc(I)c(F)c1. The number of rotatable bonds is 12. The van der Waals surface area contributed by atoms with Crippen molar-refractivity contribution in [3.05, 3.63) is 149 Å². The second-order valence-corrected chi connectivity index (χ2v) is 23.8. The molecule has 26 heteroatoms. The predicted octanol–water partition coefficient (Wildman–Crippen LogP) is 9.29. The van der Waals surface area contributed by atoms with E-state index in [1.54, 1.807) is 78.5 Å². The lowest BCUT2D eigenvalue weighted by atomic mass is 9.79. The molecule has 4 amide bonds. The second kappa shape index (κ2) is 24.9. The molecule has 8 aromatic rings. The van der Waals surface area contributed by atoms with E-state index >= 15 is 4.39 Å². The van der Waals surface area contributed by atoms with Crippen LogP contribution in [-0.2, 0) is 41.5 Å². The van der Waals surface area contributed by atoms with Crippen molar-refractivity contribution in [3.63, 3.8) is 0 Å². The molecule has 5 saturated heterocycles. The summed E-state index contributed by atoms with van der Waals surface area (Å²) in [5.74, 6) is 1.01. The molecule has 2 N–H and O–H groups in total. The number of anilines is 2. The number of halogens is 3. The molecule has 5 aliphatic heterocycles. The Morgan fingerprint density at radius 3 is 1.53 bits per heavy atom. The fraction of sp³-hybridized carbons (Fsp3) is 0.367. The molecule has 0 saturated carbocycles. The van der Waals surface area contributed by atoms with Crippen molar-refractivity contribution in [3.8, 4) is 33.6 Å². The molecular weight excluding hydrogens is 1220 g/mol. The van der Waals surface area contributed by atoms with Crippen LogP contribution in [0.5, 0.6) is 0 Å². The monoisotopic (exact) mass is 1280 g/mol. The number of carbonyl (C=O) groups excluding carboxylic acids is 4. The van der Waals surface area contributed by atoms with Gasteiger partial charge in [-0.2, -0.15) is 0 Å². The number of nitrogens with zero attached hydrogens (tertiary/aromatic N) is 12. The topological polar surface area (TPSA) is 237 Å². The smallest absolute Gasteiger partial charge is 0.442 e. The first-order valence-electron chi connectivity index (χ1n) is 28.4. The average molecular weight is 1280 g/mol. The number of imidazole rings is 2. The van der Waals surface area contributed by atoms with Gasteiger partial charge in [0, 0.05) is 48.5 Å². The van der Waals surface area contributed by atoms with Gasteiger partial charge in [0.05, 0.1) is 97.0 Å². The lowest BCUT2D eigenvalue weighted by molar-refractivity contribution is -0.130. The van der Waals surface area contributed by atoms with Crippen LogP contribution in [0.3, 0.4) is 0 Å². The van der Waals surface area contributed by atoms with Crippen molar-refractivity contribution < 1.29 is 46.7 Å². The van der Waals surface area contributed by atoms with Crippen LogP contribution in [0.4, 0.5) is 29.7 Å². The van der Waals surface area contributed by atoms with Crippen molar-refractivity contribution in [2.75, 3.05) is 36.0 Å². The molecule has 0 bridgehead atoms. The van der Waals surface area contributed by atoms with Crippen molar-refractivity contribution >= 4 is 70.5 Å². The number of hydrogen-bond acceptors (Lipinski definition) is 14. The number of amides is 4. The number of nitrogens with one attached hydrogen (secondary N) is 2. The highest BCUT2D eigenvalue weighted by atomic mass is 127. The molecule has 0 radical (unpaired) electrons. The van der Waals surface area contributed by atoms with Crippen LogP contribution in [0.1, 0.15) is 91.0 Å². The van der Waals surface area contributed by atoms with Gasteiger partial charge in [-0.25, -0.2) is 37.7 Å². The molecule has 5 aliphatic rings. The number of aromatic nitrogens is 10. The van der Waals surface area contributed by atoms with Gasteiger partial charge >= 0.3 is 19.3 Å². The van der Waals surface area contributed by atoms with Gasteiger partial charge in [0.1, 0.15) is 35.5 Å². The first-order valence-corrected chi connectivity index (χ1v) is 29.5. The van der Waals surface area contributed by atoms with E-state index in [-0.39, 0.29) is 54.1 Å². The normalized spacial score (nSPS) is 20.4. The highest BCUT2D eigenvalue weighted by molar-refractivity contribution is 14.1. The molecule has 0 unspecified atom stereocenters. The standard InChI is InChI=1S/C27H26FN7O3.C21H28BN3O3.C12H10FIN4O2/c1-17(36)34-11-2-3-25(34)26-29-14-24(31-26)19-6-4-18(5-7-19)22-9-8-20(13-23(22)28)35-16-21(38-27(35)37)15-33-12-10-30-32-33;1-14(26)25-12-6-7-18(25)19-23-13-17(24-19)15-8-10-16(11-9-15)22-27-20(2,3)21(4,5)28-22;13-10-5-8(1-2-11(10)14)18-7-9(20-12(18)19)6-17-4-3-15-16-17/h4-10,12-14,21,25H,2-3,11,15-16H2,1H3,(H,29,31);8-11,13,18H,6-7,12H2,1-5H3,(H,23,24);1-5,9H,6-7H2/t21-,25-;18-;9-/m000/s1. The maximum absolute atomic E-state index is 15.2. The Labute approximate surface area is 508 Å². The molecule has 0 aliphatic carbocycles. The summed E-state index contributed by atoms with van der Waals surface area (Å²) >= 11 is 1.90. The fourth-order valence-electron chi connectivity index (χ4n) is 11.1. The second-order valence-electron chi connectivity index (χ2n) is 22.6. The summed E-state index contributed by atoms with van der Waals surface area (Å²) in [4.78, 5) is 70.4. The van der Waals surface area contributed by atoms with E-state index in [1.807, 2.05) is 75.0 Å². The molecule has 4 aromatic heterocycles. The van der Waals surface area contributed by atoms with E-state index in [9.17, 15) is 23.6 Å². The largest absolute Gasteiger partial charge is 0.494 e. The molecule has 5 fully saturated rings. The van der Waals surface area contributed by atoms with Gasteiger partial charge in [0.25, 0.3) is 0 Å². The number of cyclic esters (lactones) is 2. The summed E-state index contributed by atoms with van der Waals surface area (Å²) in [6.07, 6.45) is 12.2. The van der Waals surface area contributed by atoms with Gasteiger partial charge in [-0.15, -0.1) is 10.2 Å². The maximum atomic E-state index is 15.2. The number of carbonyl (C=O) groups is 4. The van der Waals surface area contributed by atoms with Crippen molar-refractivity contribution in [2.45, 2.75) is 116 Å². The van der Waals surface area contributed by atoms with Crippen LogP contribution in [0.2, 0.25) is 0 Å². The molecule has 0 spiro atoms. The van der Waals surface area contributed by atoms with Crippen LogP contribution < -0.4 is 15.3 Å². The van der Waals surface area contributed by atoms with E-state index in [4.69, 9.17) is 18.8 Å². The Hall–Kier alpha value is -8.37. The third kappa shape index (κ3) is 12.9. The highest BCUT2D eigenvalue weighted by Crippen LogP contribution is 2.38. The number of ether oxygens (including phenoxy) is 2. The summed E-state index contributed by atoms with van der Waals surface area (Å²) < 4.78 is 55.3. The van der Waals surface area contributed by atoms with Crippen molar-refractivity contribution in [1.29, 1.82) is 0 Å². The van der Waals surface area contributed by atoms with Gasteiger partial charge < -0.3 is 38.6 Å². The molecule has 4 aromatic carbocycles. The summed E-state index contributed by atoms with van der Waals surface area (Å²) in [6.45, 7) is 14.4. The molecule has 86 heavy (non-hydrogen) atoms. The quantitative estimate of drug-likeness (QED) is 0.0857. The van der Waals surface area contributed by atoms with Gasteiger partial charge in [0.2, 0.25) is 11.8 Å². The van der Waals surface area contributed by atoms with Crippen LogP contribution in [-0.4, -0.2) is 140 Å². The van der Waals surface area contributed by atoms with Gasteiger partial charge in [-0.1, -0.05) is 59.0 Å². The van der Waals surface area contributed by atoms with E-state index in [0.717, 1.165) is 78.4 Å². The minimum absolute atomic E-state index is 0.0288. The number of hydrogen-bond donors (Lipinski definition) is 2.